The van der Waals surface area contributed by atoms with Crippen molar-refractivity contribution < 1.29 is 9.47 Å². The lowest BCUT2D eigenvalue weighted by atomic mass is 10.0. The van der Waals surface area contributed by atoms with Crippen molar-refractivity contribution in [1.82, 2.24) is 25.3 Å². The van der Waals surface area contributed by atoms with Crippen LogP contribution in [0.25, 0.3) is 0 Å². The van der Waals surface area contributed by atoms with Gasteiger partial charge in [-0.15, -0.1) is 24.0 Å². The number of aryl methyl sites for hydroxylation is 2. The average molecular weight is 542 g/mol. The zero-order valence-electron chi connectivity index (χ0n) is 19.1. The van der Waals surface area contributed by atoms with Gasteiger partial charge in [0.2, 0.25) is 0 Å². The SMILES string of the molecule is CN=C(NCc1c(C)nn(C)c1C)NCC(c1ccc(OC)cc1)N1CCOCC1.I. The number of nitrogens with one attached hydrogen (secondary N) is 2. The number of ether oxygens (including phenoxy) is 2. The molecular formula is C22H35IN6O2. The van der Waals surface area contributed by atoms with Crippen LogP contribution in [0.4, 0.5) is 0 Å². The first kappa shape index (κ1) is 25.4. The van der Waals surface area contributed by atoms with Crippen molar-refractivity contribution in [2.45, 2.75) is 26.4 Å². The summed E-state index contributed by atoms with van der Waals surface area (Å²) in [6.45, 7) is 8.92. The van der Waals surface area contributed by atoms with Gasteiger partial charge in [-0.1, -0.05) is 12.1 Å². The Morgan fingerprint density at radius 2 is 1.87 bits per heavy atom. The van der Waals surface area contributed by atoms with Gasteiger partial charge in [0.05, 0.1) is 32.1 Å². The van der Waals surface area contributed by atoms with Gasteiger partial charge in [0.25, 0.3) is 0 Å². The van der Waals surface area contributed by atoms with Crippen LogP contribution in [-0.2, 0) is 18.3 Å². The van der Waals surface area contributed by atoms with Gasteiger partial charge < -0.3 is 20.1 Å². The van der Waals surface area contributed by atoms with Gasteiger partial charge in [0.15, 0.2) is 5.96 Å². The van der Waals surface area contributed by atoms with Gasteiger partial charge in [-0.3, -0.25) is 14.6 Å². The molecule has 1 saturated heterocycles. The van der Waals surface area contributed by atoms with E-state index in [9.17, 15) is 0 Å². The molecule has 9 heteroatoms. The highest BCUT2D eigenvalue weighted by atomic mass is 127. The summed E-state index contributed by atoms with van der Waals surface area (Å²) in [5, 5.41) is 11.4. The topological polar surface area (TPSA) is 75.9 Å². The molecule has 8 nitrogen and oxygen atoms in total. The summed E-state index contributed by atoms with van der Waals surface area (Å²) in [5.41, 5.74) is 4.67. The molecule has 0 radical (unpaired) electrons. The number of halogens is 1. The van der Waals surface area contributed by atoms with Crippen LogP contribution in [0.5, 0.6) is 5.75 Å². The van der Waals surface area contributed by atoms with E-state index in [0.717, 1.165) is 50.3 Å². The fourth-order valence-electron chi connectivity index (χ4n) is 3.83. The molecule has 1 fully saturated rings. The molecule has 1 atom stereocenters. The van der Waals surface area contributed by atoms with Crippen molar-refractivity contribution in [3.8, 4) is 5.75 Å². The normalized spacial score (nSPS) is 15.8. The number of rotatable bonds is 7. The number of nitrogens with zero attached hydrogens (tertiary/aromatic N) is 4. The van der Waals surface area contributed by atoms with E-state index in [1.54, 1.807) is 14.2 Å². The molecule has 0 saturated carbocycles. The number of hydrogen-bond acceptors (Lipinski definition) is 5. The van der Waals surface area contributed by atoms with E-state index < -0.39 is 0 Å². The molecule has 31 heavy (non-hydrogen) atoms. The molecule has 2 aromatic rings. The molecule has 172 valence electrons. The Kier molecular flexibility index (Phi) is 10.0. The van der Waals surface area contributed by atoms with Gasteiger partial charge in [-0.05, 0) is 31.5 Å². The average Bonchev–Trinajstić information content (AvgIpc) is 3.02. The lowest BCUT2D eigenvalue weighted by molar-refractivity contribution is 0.0170. The molecule has 1 unspecified atom stereocenters. The standard InChI is InChI=1S/C22H34N6O2.HI/c1-16-20(17(2)27(4)26-16)14-24-22(23-3)25-15-21(28-10-12-30-13-11-28)18-6-8-19(29-5)9-7-18;/h6-9,21H,10-15H2,1-5H3,(H2,23,24,25);1H. The Morgan fingerprint density at radius 3 is 2.42 bits per heavy atom. The zero-order chi connectivity index (χ0) is 21.5. The van der Waals surface area contributed by atoms with E-state index in [2.05, 4.69) is 44.7 Å². The molecule has 3 rings (SSSR count). The molecule has 0 spiro atoms. The van der Waals surface area contributed by atoms with Gasteiger partial charge in [0, 0.05) is 51.5 Å². The highest BCUT2D eigenvalue weighted by molar-refractivity contribution is 14.0. The number of benzene rings is 1. The zero-order valence-corrected chi connectivity index (χ0v) is 21.5. The Labute approximate surface area is 202 Å². The molecule has 0 amide bonds. The van der Waals surface area contributed by atoms with E-state index >= 15 is 0 Å². The lowest BCUT2D eigenvalue weighted by Gasteiger charge is -2.35. The Hall–Kier alpha value is -1.85. The first-order chi connectivity index (χ1) is 14.5. The second kappa shape index (κ2) is 12.3. The number of morpholine rings is 1. The predicted octanol–water partition coefficient (Wildman–Crippen LogP) is 2.40. The van der Waals surface area contributed by atoms with E-state index in [1.807, 2.05) is 30.8 Å². The first-order valence-corrected chi connectivity index (χ1v) is 10.4. The molecule has 2 heterocycles. The van der Waals surface area contributed by atoms with Crippen molar-refractivity contribution in [2.24, 2.45) is 12.0 Å². The van der Waals surface area contributed by atoms with Crippen molar-refractivity contribution >= 4 is 29.9 Å². The fraction of sp³-hybridized carbons (Fsp3) is 0.545. The third kappa shape index (κ3) is 6.56. The van der Waals surface area contributed by atoms with E-state index in [0.29, 0.717) is 6.54 Å². The molecule has 1 aromatic carbocycles. The minimum absolute atomic E-state index is 0. The summed E-state index contributed by atoms with van der Waals surface area (Å²) in [5.74, 6) is 1.65. The fourth-order valence-corrected chi connectivity index (χ4v) is 3.83. The van der Waals surface area contributed by atoms with Crippen molar-refractivity contribution in [3.05, 3.63) is 46.8 Å². The summed E-state index contributed by atoms with van der Waals surface area (Å²) in [6.07, 6.45) is 0. The third-order valence-electron chi connectivity index (χ3n) is 5.76. The Balaban J connectivity index is 0.00000341. The summed E-state index contributed by atoms with van der Waals surface area (Å²) >= 11 is 0. The minimum atomic E-state index is 0. The highest BCUT2D eigenvalue weighted by Crippen LogP contribution is 2.23. The van der Waals surface area contributed by atoms with E-state index in [-0.39, 0.29) is 30.0 Å². The highest BCUT2D eigenvalue weighted by Gasteiger charge is 2.23. The number of hydrogen-bond donors (Lipinski definition) is 2. The Morgan fingerprint density at radius 1 is 1.19 bits per heavy atom. The van der Waals surface area contributed by atoms with Gasteiger partial charge in [0.1, 0.15) is 5.75 Å². The predicted molar refractivity (Wildman–Crippen MR) is 134 cm³/mol. The maximum Gasteiger partial charge on any atom is 0.191 e. The van der Waals surface area contributed by atoms with Crippen LogP contribution in [-0.4, -0.2) is 67.6 Å². The van der Waals surface area contributed by atoms with Crippen LogP contribution in [0, 0.1) is 13.8 Å². The van der Waals surface area contributed by atoms with Gasteiger partial charge in [-0.25, -0.2) is 0 Å². The van der Waals surface area contributed by atoms with E-state index in [4.69, 9.17) is 9.47 Å². The summed E-state index contributed by atoms with van der Waals surface area (Å²) in [6, 6.07) is 8.53. The molecular weight excluding hydrogens is 507 g/mol. The van der Waals surface area contributed by atoms with Crippen LogP contribution in [0.3, 0.4) is 0 Å². The van der Waals surface area contributed by atoms with Crippen LogP contribution in [0.15, 0.2) is 29.3 Å². The summed E-state index contributed by atoms with van der Waals surface area (Å²) < 4.78 is 12.8. The monoisotopic (exact) mass is 542 g/mol. The summed E-state index contributed by atoms with van der Waals surface area (Å²) in [4.78, 5) is 6.87. The van der Waals surface area contributed by atoms with E-state index in [1.165, 1.54) is 16.8 Å². The number of aliphatic imine (C=N–C) groups is 1. The van der Waals surface area contributed by atoms with Crippen LogP contribution < -0.4 is 15.4 Å². The van der Waals surface area contributed by atoms with Crippen molar-refractivity contribution in [2.75, 3.05) is 47.0 Å². The molecule has 2 N–H and O–H groups in total. The minimum Gasteiger partial charge on any atom is -0.497 e. The number of methoxy groups -OCH3 is 1. The van der Waals surface area contributed by atoms with Crippen LogP contribution >= 0.6 is 24.0 Å². The second-order valence-corrected chi connectivity index (χ2v) is 7.52. The van der Waals surface area contributed by atoms with Gasteiger partial charge in [-0.2, -0.15) is 5.10 Å². The quantitative estimate of drug-likeness (QED) is 0.318. The van der Waals surface area contributed by atoms with Gasteiger partial charge >= 0.3 is 0 Å². The molecule has 1 aliphatic heterocycles. The molecule has 1 aromatic heterocycles. The lowest BCUT2D eigenvalue weighted by Crippen LogP contribution is -2.46. The smallest absolute Gasteiger partial charge is 0.191 e. The van der Waals surface area contributed by atoms with Crippen molar-refractivity contribution in [3.63, 3.8) is 0 Å². The maximum absolute atomic E-state index is 5.55. The summed E-state index contributed by atoms with van der Waals surface area (Å²) in [7, 11) is 5.47. The second-order valence-electron chi connectivity index (χ2n) is 7.52. The molecule has 0 bridgehead atoms. The molecule has 1 aliphatic rings. The largest absolute Gasteiger partial charge is 0.497 e. The number of aromatic nitrogens is 2. The number of guanidine groups is 1. The van der Waals surface area contributed by atoms with Crippen LogP contribution in [0.1, 0.15) is 28.6 Å². The Bertz CT molecular complexity index is 846. The third-order valence-corrected chi connectivity index (χ3v) is 5.76. The first-order valence-electron chi connectivity index (χ1n) is 10.4. The van der Waals surface area contributed by atoms with Crippen LogP contribution in [0.2, 0.25) is 0 Å². The maximum atomic E-state index is 5.55. The van der Waals surface area contributed by atoms with Crippen molar-refractivity contribution in [1.29, 1.82) is 0 Å². The molecule has 0 aliphatic carbocycles.